The van der Waals surface area contributed by atoms with Crippen molar-refractivity contribution in [1.82, 2.24) is 9.78 Å². The summed E-state index contributed by atoms with van der Waals surface area (Å²) in [6, 6.07) is 12.0. The molecule has 1 amide bonds. The van der Waals surface area contributed by atoms with Crippen LogP contribution in [0.4, 0.5) is 18.9 Å². The third-order valence-corrected chi connectivity index (χ3v) is 4.83. The minimum absolute atomic E-state index is 0.126. The quantitative estimate of drug-likeness (QED) is 0.587. The van der Waals surface area contributed by atoms with Crippen molar-refractivity contribution in [3.63, 3.8) is 0 Å². The number of alkyl halides is 3. The van der Waals surface area contributed by atoms with Gasteiger partial charge in [-0.05, 0) is 37.3 Å². The summed E-state index contributed by atoms with van der Waals surface area (Å²) in [4.78, 5) is 12.3. The van der Waals surface area contributed by atoms with Crippen LogP contribution in [0.1, 0.15) is 22.4 Å². The highest BCUT2D eigenvalue weighted by atomic mass is 35.5. The molecule has 0 saturated heterocycles. The number of para-hydroxylation sites is 1. The molecule has 0 unspecified atom stereocenters. The molecule has 1 N–H and O–H groups in total. The van der Waals surface area contributed by atoms with Crippen molar-refractivity contribution in [3.05, 3.63) is 76.1 Å². The first-order valence-corrected chi connectivity index (χ1v) is 8.68. The molecule has 28 heavy (non-hydrogen) atoms. The second-order valence-corrected chi connectivity index (χ2v) is 6.67. The molecule has 2 heterocycles. The number of amides is 1. The molecule has 4 nitrogen and oxygen atoms in total. The Bertz CT molecular complexity index is 1130. The molecule has 1 aromatic heterocycles. The van der Waals surface area contributed by atoms with Crippen LogP contribution < -0.4 is 5.32 Å². The van der Waals surface area contributed by atoms with Gasteiger partial charge in [0.25, 0.3) is 5.91 Å². The monoisotopic (exact) mass is 403 g/mol. The molecular weight excluding hydrogens is 391 g/mol. The summed E-state index contributed by atoms with van der Waals surface area (Å²) < 4.78 is 40.3. The summed E-state index contributed by atoms with van der Waals surface area (Å²) in [5.41, 5.74) is 2.20. The first-order chi connectivity index (χ1) is 13.3. The van der Waals surface area contributed by atoms with Crippen molar-refractivity contribution >= 4 is 34.8 Å². The van der Waals surface area contributed by atoms with E-state index in [4.69, 9.17) is 11.6 Å². The van der Waals surface area contributed by atoms with E-state index < -0.39 is 11.7 Å². The van der Waals surface area contributed by atoms with Gasteiger partial charge in [0, 0.05) is 22.4 Å². The number of aromatic nitrogens is 2. The van der Waals surface area contributed by atoms with Crippen molar-refractivity contribution in [1.29, 1.82) is 0 Å². The minimum atomic E-state index is -4.47. The van der Waals surface area contributed by atoms with Crippen LogP contribution in [0, 0.1) is 6.92 Å². The summed E-state index contributed by atoms with van der Waals surface area (Å²) in [6.45, 7) is 1.68. The molecular formula is C20H13ClF3N3O. The van der Waals surface area contributed by atoms with Crippen molar-refractivity contribution in [2.24, 2.45) is 0 Å². The molecule has 0 saturated carbocycles. The molecule has 142 valence electrons. The van der Waals surface area contributed by atoms with E-state index in [2.05, 4.69) is 10.4 Å². The number of hydrogen-bond acceptors (Lipinski definition) is 2. The number of nitrogens with zero attached hydrogens (tertiary/aromatic N) is 2. The number of fused-ring (bicyclic) bond motifs is 1. The summed E-state index contributed by atoms with van der Waals surface area (Å²) in [7, 11) is 0. The van der Waals surface area contributed by atoms with Gasteiger partial charge in [-0.15, -0.1) is 0 Å². The molecule has 3 aromatic rings. The van der Waals surface area contributed by atoms with Gasteiger partial charge in [0.15, 0.2) is 0 Å². The Morgan fingerprint density at radius 1 is 1.14 bits per heavy atom. The largest absolute Gasteiger partial charge is 0.416 e. The lowest BCUT2D eigenvalue weighted by molar-refractivity contribution is -0.137. The fourth-order valence-corrected chi connectivity index (χ4v) is 3.41. The van der Waals surface area contributed by atoms with Crippen LogP contribution in [0.3, 0.4) is 0 Å². The van der Waals surface area contributed by atoms with Gasteiger partial charge in [-0.1, -0.05) is 35.9 Å². The Kier molecular flexibility index (Phi) is 4.27. The Morgan fingerprint density at radius 3 is 2.64 bits per heavy atom. The first-order valence-electron chi connectivity index (χ1n) is 8.31. The number of benzene rings is 2. The average molecular weight is 404 g/mol. The number of halogens is 4. The molecule has 0 atom stereocenters. The summed E-state index contributed by atoms with van der Waals surface area (Å²) in [6.07, 6.45) is -2.86. The second kappa shape index (κ2) is 6.53. The van der Waals surface area contributed by atoms with Gasteiger partial charge in [-0.2, -0.15) is 18.3 Å². The van der Waals surface area contributed by atoms with Crippen molar-refractivity contribution < 1.29 is 18.0 Å². The third-order valence-electron chi connectivity index (χ3n) is 4.46. The van der Waals surface area contributed by atoms with Crippen LogP contribution in [0.15, 0.2) is 48.5 Å². The zero-order valence-electron chi connectivity index (χ0n) is 14.5. The van der Waals surface area contributed by atoms with Gasteiger partial charge >= 0.3 is 6.18 Å². The van der Waals surface area contributed by atoms with Gasteiger partial charge in [0.1, 0.15) is 5.15 Å². The Labute approximate surface area is 163 Å². The van der Waals surface area contributed by atoms with Crippen LogP contribution in [-0.4, -0.2) is 15.7 Å². The molecule has 4 rings (SSSR count). The van der Waals surface area contributed by atoms with Gasteiger partial charge < -0.3 is 5.32 Å². The summed E-state index contributed by atoms with van der Waals surface area (Å²) in [5.74, 6) is -0.275. The normalized spacial score (nSPS) is 15.0. The van der Waals surface area contributed by atoms with E-state index in [1.807, 2.05) is 12.1 Å². The van der Waals surface area contributed by atoms with E-state index in [9.17, 15) is 18.0 Å². The van der Waals surface area contributed by atoms with Gasteiger partial charge in [0.05, 0.1) is 16.9 Å². The highest BCUT2D eigenvalue weighted by Gasteiger charge is 2.31. The van der Waals surface area contributed by atoms with Crippen molar-refractivity contribution in [2.45, 2.75) is 13.1 Å². The maximum Gasteiger partial charge on any atom is 0.416 e. The maximum absolute atomic E-state index is 13.0. The second-order valence-electron chi connectivity index (χ2n) is 6.31. The fourth-order valence-electron chi connectivity index (χ4n) is 3.09. The van der Waals surface area contributed by atoms with E-state index in [0.717, 1.165) is 17.7 Å². The molecule has 1 aliphatic rings. The number of nitrogens with one attached hydrogen (secondary N) is 1. The standard InChI is InChI=1S/C20H13ClF3N3O/c1-11-15(10-16-14-7-2-3-8-17(14)25-19(16)28)18(21)27(26-11)13-6-4-5-12(9-13)20(22,23)24/h2-10H,1H3,(H,25,28)/b16-10+. The fraction of sp³-hybridized carbons (Fsp3) is 0.100. The number of aryl methyl sites for hydroxylation is 1. The highest BCUT2D eigenvalue weighted by Crippen LogP contribution is 2.36. The Hall–Kier alpha value is -3.06. The van der Waals surface area contributed by atoms with Crippen LogP contribution in [0.2, 0.25) is 5.15 Å². The first kappa shape index (κ1) is 18.3. The minimum Gasteiger partial charge on any atom is -0.321 e. The number of anilines is 1. The molecule has 0 bridgehead atoms. The van der Waals surface area contributed by atoms with Crippen LogP contribution in [0.5, 0.6) is 0 Å². The molecule has 0 aliphatic carbocycles. The topological polar surface area (TPSA) is 46.9 Å². The lowest BCUT2D eigenvalue weighted by Crippen LogP contribution is -2.06. The number of carbonyl (C=O) groups is 1. The molecule has 0 fully saturated rings. The number of carbonyl (C=O) groups excluding carboxylic acids is 1. The average Bonchev–Trinajstić information content (AvgIpc) is 3.12. The number of hydrogen-bond donors (Lipinski definition) is 1. The van der Waals surface area contributed by atoms with E-state index in [0.29, 0.717) is 22.5 Å². The maximum atomic E-state index is 13.0. The predicted octanol–water partition coefficient (Wildman–Crippen LogP) is 5.35. The van der Waals surface area contributed by atoms with Gasteiger partial charge in [-0.25, -0.2) is 4.68 Å². The Morgan fingerprint density at radius 2 is 1.89 bits per heavy atom. The van der Waals surface area contributed by atoms with Crippen molar-refractivity contribution in [2.75, 3.05) is 5.32 Å². The zero-order chi connectivity index (χ0) is 20.1. The SMILES string of the molecule is Cc1nn(-c2cccc(C(F)(F)F)c2)c(Cl)c1/C=C1/C(=O)Nc2ccccc21. The molecule has 0 radical (unpaired) electrons. The lowest BCUT2D eigenvalue weighted by Gasteiger charge is -2.09. The van der Waals surface area contributed by atoms with Crippen LogP contribution >= 0.6 is 11.6 Å². The summed E-state index contributed by atoms with van der Waals surface area (Å²) >= 11 is 6.43. The van der Waals surface area contributed by atoms with Gasteiger partial charge in [0.2, 0.25) is 0 Å². The van der Waals surface area contributed by atoms with Crippen molar-refractivity contribution in [3.8, 4) is 5.69 Å². The smallest absolute Gasteiger partial charge is 0.321 e. The molecule has 1 aliphatic heterocycles. The van der Waals surface area contributed by atoms with Gasteiger partial charge in [-0.3, -0.25) is 4.79 Å². The lowest BCUT2D eigenvalue weighted by atomic mass is 10.0. The molecule has 8 heteroatoms. The molecule has 0 spiro atoms. The van der Waals surface area contributed by atoms with Crippen LogP contribution in [0.25, 0.3) is 17.3 Å². The van der Waals surface area contributed by atoms with E-state index in [1.165, 1.54) is 16.8 Å². The Balaban J connectivity index is 1.81. The van der Waals surface area contributed by atoms with Crippen LogP contribution in [-0.2, 0) is 11.0 Å². The van der Waals surface area contributed by atoms with E-state index >= 15 is 0 Å². The van der Waals surface area contributed by atoms with E-state index in [1.54, 1.807) is 25.1 Å². The molecule has 2 aromatic carbocycles. The van der Waals surface area contributed by atoms with E-state index in [-0.39, 0.29) is 16.7 Å². The number of rotatable bonds is 2. The summed E-state index contributed by atoms with van der Waals surface area (Å²) in [5, 5.41) is 7.16. The highest BCUT2D eigenvalue weighted by molar-refractivity contribution is 6.36. The third kappa shape index (κ3) is 3.07. The predicted molar refractivity (Wildman–Crippen MR) is 101 cm³/mol. The zero-order valence-corrected chi connectivity index (χ0v) is 15.3.